The Bertz CT molecular complexity index is 1890. The largest absolute Gasteiger partial charge is 0.481 e. The number of rotatable bonds is 4. The predicted molar refractivity (Wildman–Crippen MR) is 182 cm³/mol. The third kappa shape index (κ3) is 7.08. The topological polar surface area (TPSA) is 111 Å². The highest BCUT2D eigenvalue weighted by Crippen LogP contribution is 2.48. The summed E-state index contributed by atoms with van der Waals surface area (Å²) in [7, 11) is 1.50. The molecule has 3 aromatic carbocycles. The Labute approximate surface area is 280 Å². The molecule has 4 N–H and O–H groups in total. The number of nitrogens with one attached hydrogen (secondary N) is 3. The molecule has 1 aliphatic heterocycles. The maximum absolute atomic E-state index is 16.2. The molecule has 4 aromatic rings. The average molecular weight is 683 g/mol. The summed E-state index contributed by atoms with van der Waals surface area (Å²) in [6.45, 7) is 4.56. The zero-order chi connectivity index (χ0) is 34.9. The van der Waals surface area contributed by atoms with Gasteiger partial charge in [-0.05, 0) is 67.3 Å². The van der Waals surface area contributed by atoms with E-state index in [0.717, 1.165) is 17.8 Å². The molecule has 0 amide bonds. The fourth-order valence-electron chi connectivity index (χ4n) is 6.16. The molecule has 7 nitrogen and oxygen atoms in total. The molecule has 12 heteroatoms. The van der Waals surface area contributed by atoms with E-state index in [-0.39, 0.29) is 60.2 Å². The van der Waals surface area contributed by atoms with Crippen molar-refractivity contribution in [3.8, 4) is 11.5 Å². The van der Waals surface area contributed by atoms with E-state index in [9.17, 15) is 15.3 Å². The lowest BCUT2D eigenvalue weighted by atomic mass is 9.67. The smallest absolute Gasteiger partial charge is 0.303 e. The van der Waals surface area contributed by atoms with Crippen LogP contribution in [0, 0.1) is 22.5 Å². The first-order valence-corrected chi connectivity index (χ1v) is 16.7. The van der Waals surface area contributed by atoms with Crippen molar-refractivity contribution in [2.24, 2.45) is 10.4 Å². The summed E-state index contributed by atoms with van der Waals surface area (Å²) in [5.41, 5.74) is -0.925. The highest BCUT2D eigenvalue weighted by atomic mass is 32.2. The maximum Gasteiger partial charge on any atom is 0.303 e. The van der Waals surface area contributed by atoms with Crippen molar-refractivity contribution in [2.45, 2.75) is 57.8 Å². The van der Waals surface area contributed by atoms with Gasteiger partial charge in [0.15, 0.2) is 11.6 Å². The molecule has 0 spiro atoms. The van der Waals surface area contributed by atoms with Crippen molar-refractivity contribution < 1.29 is 32.2 Å². The van der Waals surface area contributed by atoms with Gasteiger partial charge in [0.25, 0.3) is 5.92 Å². The van der Waals surface area contributed by atoms with Crippen LogP contribution in [0.1, 0.15) is 55.9 Å². The molecule has 0 saturated heterocycles. The van der Waals surface area contributed by atoms with E-state index in [1.165, 1.54) is 39.1 Å². The first-order valence-electron chi connectivity index (χ1n) is 15.5. The number of hydrogen-bond acceptors (Lipinski definition) is 5. The lowest BCUT2D eigenvalue weighted by molar-refractivity contribution is -0.136. The summed E-state index contributed by atoms with van der Waals surface area (Å²) in [4.78, 5) is 18.7. The molecule has 0 fully saturated rings. The van der Waals surface area contributed by atoms with Crippen LogP contribution >= 0.6 is 11.8 Å². The summed E-state index contributed by atoms with van der Waals surface area (Å²) >= 11 is 1.04. The number of ether oxygens (including phenoxy) is 1. The second kappa shape index (κ2) is 13.7. The Morgan fingerprint density at radius 3 is 2.60 bits per heavy atom. The number of carboxylic acid groups (broad SMARTS) is 1. The summed E-state index contributed by atoms with van der Waals surface area (Å²) in [6, 6.07) is 13.8. The number of aliphatic carboxylic acids is 1. The lowest BCUT2D eigenvalue weighted by Gasteiger charge is -2.41. The number of nitrogens with zero attached hydrogens (tertiary/aromatic N) is 1. The Morgan fingerprint density at radius 2 is 1.88 bits per heavy atom. The van der Waals surface area contributed by atoms with E-state index in [1.54, 1.807) is 43.5 Å². The molecule has 1 atom stereocenters. The Hall–Kier alpha value is -4.32. The summed E-state index contributed by atoms with van der Waals surface area (Å²) in [5.74, 6) is -6.15. The van der Waals surface area contributed by atoms with E-state index in [0.29, 0.717) is 27.6 Å². The van der Waals surface area contributed by atoms with Gasteiger partial charge in [0.2, 0.25) is 0 Å². The van der Waals surface area contributed by atoms with E-state index in [2.05, 4.69) is 15.3 Å². The van der Waals surface area contributed by atoms with Gasteiger partial charge in [0.1, 0.15) is 23.2 Å². The molecule has 254 valence electrons. The second-order valence-electron chi connectivity index (χ2n) is 12.9. The van der Waals surface area contributed by atoms with E-state index in [1.807, 2.05) is 0 Å². The zero-order valence-corrected chi connectivity index (χ0v) is 28.0. The van der Waals surface area contributed by atoms with Crippen molar-refractivity contribution in [3.63, 3.8) is 0 Å². The van der Waals surface area contributed by atoms with Gasteiger partial charge >= 0.3 is 5.97 Å². The first-order chi connectivity index (χ1) is 22.6. The highest BCUT2D eigenvalue weighted by molar-refractivity contribution is 7.99. The number of amidine groups is 2. The van der Waals surface area contributed by atoms with Crippen molar-refractivity contribution in [1.29, 1.82) is 5.41 Å². The van der Waals surface area contributed by atoms with Crippen molar-refractivity contribution in [1.82, 2.24) is 10.3 Å². The van der Waals surface area contributed by atoms with Gasteiger partial charge in [0, 0.05) is 47.6 Å². The number of fused-ring (bicyclic) bond motifs is 5. The van der Waals surface area contributed by atoms with Gasteiger partial charge in [0.05, 0.1) is 16.7 Å². The molecule has 0 saturated carbocycles. The Balaban J connectivity index is 1.67. The van der Waals surface area contributed by atoms with Crippen LogP contribution in [-0.4, -0.2) is 52.2 Å². The third-order valence-electron chi connectivity index (χ3n) is 9.02. The monoisotopic (exact) mass is 682 g/mol. The molecular weight excluding hydrogens is 644 g/mol. The molecule has 0 radical (unpaired) electrons. The standard InChI is InChI=1S/C36H38F4N4O3S/c1-34(2)19-35(3,22-7-5-6-21(16-22)8-11-30(45)46)33(41)44-32(42-4)26-17-23(9-10-27(26)37)47-31-25(13-15-48-20-36(34,39)40)24-12-14-43-29(24)18-28(31)38/h5-7,9-10,12,14,16-18,43H,8,11,13,15,19-20H2,1-4H3,(H,45,46)(H2,41,42,44). The van der Waals surface area contributed by atoms with E-state index >= 15 is 17.6 Å². The van der Waals surface area contributed by atoms with Crippen molar-refractivity contribution in [3.05, 3.63) is 94.7 Å². The van der Waals surface area contributed by atoms with Crippen LogP contribution in [0.25, 0.3) is 10.9 Å². The molecule has 2 heterocycles. The van der Waals surface area contributed by atoms with Gasteiger partial charge in [-0.3, -0.25) is 10.2 Å². The van der Waals surface area contributed by atoms with Crippen LogP contribution in [0.2, 0.25) is 0 Å². The summed E-state index contributed by atoms with van der Waals surface area (Å²) < 4.78 is 69.4. The number of aromatic nitrogens is 1. The minimum atomic E-state index is -3.22. The quantitative estimate of drug-likeness (QED) is 0.161. The normalized spacial score (nSPS) is 21.0. The van der Waals surface area contributed by atoms with E-state index in [4.69, 9.17) is 4.74 Å². The maximum atomic E-state index is 16.2. The van der Waals surface area contributed by atoms with Gasteiger partial charge < -0.3 is 20.1 Å². The van der Waals surface area contributed by atoms with Crippen molar-refractivity contribution in [2.75, 3.05) is 18.6 Å². The molecule has 1 aromatic heterocycles. The number of aromatic amines is 1. The Morgan fingerprint density at radius 1 is 1.10 bits per heavy atom. The molecule has 1 aliphatic rings. The van der Waals surface area contributed by atoms with Crippen LogP contribution in [0.4, 0.5) is 17.6 Å². The lowest BCUT2D eigenvalue weighted by Crippen LogP contribution is -2.46. The van der Waals surface area contributed by atoms with Gasteiger partial charge in [-0.25, -0.2) is 22.6 Å². The number of hydrogen-bond donors (Lipinski definition) is 4. The number of H-pyrrole nitrogens is 1. The van der Waals surface area contributed by atoms with Crippen LogP contribution < -0.4 is 10.1 Å². The number of thioether (sulfide) groups is 1. The molecule has 1 unspecified atom stereocenters. The van der Waals surface area contributed by atoms with Gasteiger partial charge in [-0.2, -0.15) is 11.8 Å². The number of aliphatic imine (C=N–C) groups is 1. The highest BCUT2D eigenvalue weighted by Gasteiger charge is 2.51. The second-order valence-corrected chi connectivity index (χ2v) is 14.0. The number of halogens is 4. The number of carbonyl (C=O) groups is 1. The van der Waals surface area contributed by atoms with Crippen LogP contribution in [0.5, 0.6) is 11.5 Å². The number of alkyl halides is 2. The predicted octanol–water partition coefficient (Wildman–Crippen LogP) is 8.50. The third-order valence-corrected chi connectivity index (χ3v) is 10.1. The molecule has 2 bridgehead atoms. The minimum absolute atomic E-state index is 0.0533. The summed E-state index contributed by atoms with van der Waals surface area (Å²) in [5, 5.41) is 22.0. The zero-order valence-electron chi connectivity index (χ0n) is 27.1. The van der Waals surface area contributed by atoms with E-state index < -0.39 is 40.1 Å². The number of aryl methyl sites for hydroxylation is 2. The number of carboxylic acids is 1. The SMILES string of the molecule is CN/C1=N\C(=N)C(C)(c2cccc(CCC(=O)O)c2)CC(C)(C)C(F)(F)CSCCc2c(c(F)cc3[nH]ccc23)Oc2ccc(F)c1c2. The van der Waals surface area contributed by atoms with Crippen LogP contribution in [0.15, 0.2) is 65.8 Å². The molecule has 48 heavy (non-hydrogen) atoms. The molecule has 5 rings (SSSR count). The van der Waals surface area contributed by atoms with Gasteiger partial charge in [-0.1, -0.05) is 38.1 Å². The fourth-order valence-corrected chi connectivity index (χ4v) is 7.30. The van der Waals surface area contributed by atoms with Gasteiger partial charge in [-0.15, -0.1) is 0 Å². The van der Waals surface area contributed by atoms with Crippen LogP contribution in [0.3, 0.4) is 0 Å². The number of benzene rings is 3. The minimum Gasteiger partial charge on any atom is -0.481 e. The Kier molecular flexibility index (Phi) is 9.96. The molecular formula is C36H38F4N4O3S. The first kappa shape index (κ1) is 35.0. The van der Waals surface area contributed by atoms with Crippen LogP contribution in [-0.2, 0) is 23.1 Å². The fraction of sp³-hybridized carbons (Fsp3) is 0.361. The summed E-state index contributed by atoms with van der Waals surface area (Å²) in [6.07, 6.45) is 1.77. The van der Waals surface area contributed by atoms with Crippen molar-refractivity contribution >= 4 is 40.3 Å². The molecule has 0 aliphatic carbocycles. The average Bonchev–Trinajstić information content (AvgIpc) is 3.50.